The second-order valence-electron chi connectivity index (χ2n) is 6.22. The minimum Gasteiger partial charge on any atom is -0.364 e. The molecule has 28 heavy (non-hydrogen) atoms. The number of nitrogens with zero attached hydrogens (tertiary/aromatic N) is 4. The zero-order chi connectivity index (χ0) is 19.3. The molecule has 4 aromatic rings. The van der Waals surface area contributed by atoms with Gasteiger partial charge in [-0.2, -0.15) is 0 Å². The maximum atomic E-state index is 12.5. The summed E-state index contributed by atoms with van der Waals surface area (Å²) in [5.74, 6) is 0.281. The summed E-state index contributed by atoms with van der Waals surface area (Å²) in [6.07, 6.45) is 3.27. The monoisotopic (exact) mass is 371 g/mol. The van der Waals surface area contributed by atoms with Gasteiger partial charge in [0.15, 0.2) is 5.82 Å². The van der Waals surface area contributed by atoms with Gasteiger partial charge >= 0.3 is 0 Å². The van der Waals surface area contributed by atoms with Crippen LogP contribution in [0.3, 0.4) is 0 Å². The summed E-state index contributed by atoms with van der Waals surface area (Å²) >= 11 is 0. The molecule has 1 amide bonds. The first-order valence-electron chi connectivity index (χ1n) is 8.74. The Labute approximate surface area is 161 Å². The normalized spacial score (nSPS) is 10.6. The van der Waals surface area contributed by atoms with Crippen LogP contribution < -0.4 is 5.32 Å². The molecule has 0 saturated carbocycles. The Bertz CT molecular complexity index is 1100. The lowest BCUT2D eigenvalue weighted by Gasteiger charge is -2.10. The summed E-state index contributed by atoms with van der Waals surface area (Å²) in [5, 5.41) is 6.83. The Morgan fingerprint density at radius 1 is 1.00 bits per heavy atom. The predicted octanol–water partition coefficient (Wildman–Crippen LogP) is 3.68. The number of carbonyl (C=O) groups excluding carboxylic acids is 1. The van der Waals surface area contributed by atoms with Crippen molar-refractivity contribution in [3.05, 3.63) is 78.3 Å². The summed E-state index contributed by atoms with van der Waals surface area (Å²) in [6.45, 7) is 1.90. The van der Waals surface area contributed by atoms with Crippen LogP contribution in [0.5, 0.6) is 0 Å². The van der Waals surface area contributed by atoms with E-state index < -0.39 is 0 Å². The van der Waals surface area contributed by atoms with Crippen LogP contribution in [0.1, 0.15) is 11.3 Å². The van der Waals surface area contributed by atoms with Crippen molar-refractivity contribution in [1.82, 2.24) is 20.1 Å². The summed E-state index contributed by atoms with van der Waals surface area (Å²) in [5.41, 5.74) is 3.88. The second kappa shape index (κ2) is 7.79. The van der Waals surface area contributed by atoms with Crippen LogP contribution in [0.15, 0.2) is 71.6 Å². The average molecular weight is 371 g/mol. The molecule has 0 aliphatic heterocycles. The van der Waals surface area contributed by atoms with Crippen molar-refractivity contribution in [2.24, 2.45) is 0 Å². The number of aromatic nitrogens is 4. The Morgan fingerprint density at radius 2 is 1.86 bits per heavy atom. The predicted molar refractivity (Wildman–Crippen MR) is 104 cm³/mol. The van der Waals surface area contributed by atoms with Crippen molar-refractivity contribution in [3.63, 3.8) is 0 Å². The Balaban J connectivity index is 1.66. The fraction of sp³-hybridized carbons (Fsp3) is 0.0952. The summed E-state index contributed by atoms with van der Waals surface area (Å²) in [7, 11) is 0. The first kappa shape index (κ1) is 17.5. The third kappa shape index (κ3) is 3.93. The van der Waals surface area contributed by atoms with Gasteiger partial charge in [-0.1, -0.05) is 41.6 Å². The molecule has 0 saturated heterocycles. The molecule has 0 unspecified atom stereocenters. The molecule has 3 aromatic heterocycles. The summed E-state index contributed by atoms with van der Waals surface area (Å²) in [4.78, 5) is 25.9. The van der Waals surface area contributed by atoms with Gasteiger partial charge in [-0.25, -0.2) is 15.0 Å². The molecule has 0 aliphatic rings. The third-order valence-corrected chi connectivity index (χ3v) is 4.07. The second-order valence-corrected chi connectivity index (χ2v) is 6.22. The number of amides is 1. The molecular weight excluding hydrogens is 354 g/mol. The number of carbonyl (C=O) groups is 1. The smallest absolute Gasteiger partial charge is 0.228 e. The molecule has 0 spiro atoms. The van der Waals surface area contributed by atoms with E-state index in [1.807, 2.05) is 55.5 Å². The average Bonchev–Trinajstić information content (AvgIpc) is 3.23. The largest absolute Gasteiger partial charge is 0.364 e. The van der Waals surface area contributed by atoms with Crippen LogP contribution >= 0.6 is 0 Å². The Morgan fingerprint density at radius 3 is 2.61 bits per heavy atom. The van der Waals surface area contributed by atoms with Crippen molar-refractivity contribution in [2.45, 2.75) is 13.3 Å². The molecular formula is C21H17N5O2. The SMILES string of the molecule is Cc1cccc(-c2ncc(NC(=O)Cc3ccccc3)c(-c3ccon3)n2)n1. The number of hydrogen-bond donors (Lipinski definition) is 1. The molecule has 7 nitrogen and oxygen atoms in total. The fourth-order valence-electron chi connectivity index (χ4n) is 2.77. The highest BCUT2D eigenvalue weighted by Crippen LogP contribution is 2.26. The first-order chi connectivity index (χ1) is 13.7. The van der Waals surface area contributed by atoms with E-state index in [-0.39, 0.29) is 12.3 Å². The number of anilines is 1. The van der Waals surface area contributed by atoms with Gasteiger partial charge in [0.2, 0.25) is 5.91 Å². The minimum absolute atomic E-state index is 0.166. The summed E-state index contributed by atoms with van der Waals surface area (Å²) < 4.78 is 4.95. The van der Waals surface area contributed by atoms with Gasteiger partial charge < -0.3 is 9.84 Å². The van der Waals surface area contributed by atoms with E-state index in [0.29, 0.717) is 28.6 Å². The minimum atomic E-state index is -0.166. The molecule has 1 aromatic carbocycles. The fourth-order valence-corrected chi connectivity index (χ4v) is 2.77. The van der Waals surface area contributed by atoms with E-state index in [4.69, 9.17) is 4.52 Å². The van der Waals surface area contributed by atoms with Crippen LogP contribution in [0.2, 0.25) is 0 Å². The van der Waals surface area contributed by atoms with E-state index >= 15 is 0 Å². The maximum Gasteiger partial charge on any atom is 0.228 e. The van der Waals surface area contributed by atoms with Gasteiger partial charge in [0.25, 0.3) is 0 Å². The molecule has 0 fully saturated rings. The number of aryl methyl sites for hydroxylation is 1. The van der Waals surface area contributed by atoms with Gasteiger partial charge in [0, 0.05) is 11.8 Å². The number of pyridine rings is 1. The van der Waals surface area contributed by atoms with Crippen LogP contribution in [0, 0.1) is 6.92 Å². The van der Waals surface area contributed by atoms with Gasteiger partial charge in [-0.3, -0.25) is 4.79 Å². The zero-order valence-electron chi connectivity index (χ0n) is 15.2. The van der Waals surface area contributed by atoms with Gasteiger partial charge in [0.1, 0.15) is 23.3 Å². The standard InChI is InChI=1S/C21H17N5O2/c1-14-6-5-9-17(23-14)21-22-13-18(20(25-21)16-10-11-28-26-16)24-19(27)12-15-7-3-2-4-8-15/h2-11,13H,12H2,1H3,(H,24,27). The third-order valence-electron chi connectivity index (χ3n) is 4.07. The Hall–Kier alpha value is -3.87. The Kier molecular flexibility index (Phi) is 4.88. The van der Waals surface area contributed by atoms with E-state index in [9.17, 15) is 4.79 Å². The lowest BCUT2D eigenvalue weighted by atomic mass is 10.1. The van der Waals surface area contributed by atoms with Crippen LogP contribution in [-0.2, 0) is 11.2 Å². The van der Waals surface area contributed by atoms with E-state index in [1.165, 1.54) is 6.26 Å². The number of hydrogen-bond acceptors (Lipinski definition) is 6. The lowest BCUT2D eigenvalue weighted by molar-refractivity contribution is -0.115. The van der Waals surface area contributed by atoms with E-state index in [0.717, 1.165) is 11.3 Å². The molecule has 138 valence electrons. The van der Waals surface area contributed by atoms with Crippen molar-refractivity contribution >= 4 is 11.6 Å². The van der Waals surface area contributed by atoms with Crippen molar-refractivity contribution < 1.29 is 9.32 Å². The quantitative estimate of drug-likeness (QED) is 0.575. The number of nitrogens with one attached hydrogen (secondary N) is 1. The summed E-state index contributed by atoms with van der Waals surface area (Å²) in [6, 6.07) is 16.8. The molecule has 4 rings (SSSR count). The molecule has 0 atom stereocenters. The topological polar surface area (TPSA) is 93.8 Å². The maximum absolute atomic E-state index is 12.5. The first-order valence-corrected chi connectivity index (χ1v) is 8.74. The van der Waals surface area contributed by atoms with Crippen LogP contribution in [0.25, 0.3) is 22.9 Å². The van der Waals surface area contributed by atoms with Gasteiger partial charge in [0.05, 0.1) is 18.3 Å². The van der Waals surface area contributed by atoms with Crippen molar-refractivity contribution in [3.8, 4) is 22.9 Å². The highest BCUT2D eigenvalue weighted by molar-refractivity contribution is 5.95. The molecule has 0 bridgehead atoms. The highest BCUT2D eigenvalue weighted by atomic mass is 16.5. The molecule has 1 N–H and O–H groups in total. The number of rotatable bonds is 5. The van der Waals surface area contributed by atoms with E-state index in [2.05, 4.69) is 25.4 Å². The molecule has 7 heteroatoms. The highest BCUT2D eigenvalue weighted by Gasteiger charge is 2.16. The van der Waals surface area contributed by atoms with Crippen molar-refractivity contribution in [2.75, 3.05) is 5.32 Å². The van der Waals surface area contributed by atoms with Gasteiger partial charge in [-0.05, 0) is 24.6 Å². The van der Waals surface area contributed by atoms with Crippen molar-refractivity contribution in [1.29, 1.82) is 0 Å². The van der Waals surface area contributed by atoms with Gasteiger partial charge in [-0.15, -0.1) is 0 Å². The van der Waals surface area contributed by atoms with E-state index in [1.54, 1.807) is 12.3 Å². The number of benzene rings is 1. The molecule has 0 radical (unpaired) electrons. The van der Waals surface area contributed by atoms with Crippen LogP contribution in [0.4, 0.5) is 5.69 Å². The van der Waals surface area contributed by atoms with Crippen LogP contribution in [-0.4, -0.2) is 26.0 Å². The molecule has 3 heterocycles. The zero-order valence-corrected chi connectivity index (χ0v) is 15.2. The molecule has 0 aliphatic carbocycles. The lowest BCUT2D eigenvalue weighted by Crippen LogP contribution is -2.16.